The number of aromatic nitrogens is 1. The molecule has 0 fully saturated rings. The van der Waals surface area contributed by atoms with E-state index >= 15 is 0 Å². The van der Waals surface area contributed by atoms with Gasteiger partial charge < -0.3 is 15.5 Å². The van der Waals surface area contributed by atoms with Crippen LogP contribution in [0.15, 0.2) is 24.4 Å². The molecule has 1 aromatic rings. The summed E-state index contributed by atoms with van der Waals surface area (Å²) in [6.45, 7) is 8.00. The zero-order valence-electron chi connectivity index (χ0n) is 14.0. The average molecular weight is 288 g/mol. The lowest BCUT2D eigenvalue weighted by molar-refractivity contribution is -0.136. The first-order valence-electron chi connectivity index (χ1n) is 6.85. The summed E-state index contributed by atoms with van der Waals surface area (Å²) >= 11 is 0. The van der Waals surface area contributed by atoms with E-state index in [1.807, 2.05) is 60.0 Å². The third-order valence-corrected chi connectivity index (χ3v) is 1.32. The monoisotopic (exact) mass is 288 g/mol. The quantitative estimate of drug-likeness (QED) is 0.796. The summed E-state index contributed by atoms with van der Waals surface area (Å²) < 4.78 is 0. The number of carboxylic acids is 1. The van der Waals surface area contributed by atoms with Crippen LogP contribution >= 0.6 is 0 Å². The molecule has 0 aliphatic carbocycles. The number of aliphatic carboxylic acids is 1. The van der Waals surface area contributed by atoms with Crippen LogP contribution in [0.5, 0.6) is 0 Å². The van der Waals surface area contributed by atoms with Gasteiger partial charge in [0, 0.05) is 25.4 Å². The van der Waals surface area contributed by atoms with Crippen LogP contribution in [0, 0.1) is 0 Å². The molecule has 1 rings (SSSR count). The molecule has 0 unspecified atom stereocenters. The lowest BCUT2D eigenvalue weighted by atomic mass is 10.2. The van der Waals surface area contributed by atoms with Gasteiger partial charge in [0.05, 0.1) is 6.42 Å². The second-order valence-electron chi connectivity index (χ2n) is 2.71. The van der Waals surface area contributed by atoms with Crippen LogP contribution in [0.2, 0.25) is 0 Å². The SMILES string of the molecule is CC.CC.CNC.CO.O=C(O)CCc1ccccn1. The van der Waals surface area contributed by atoms with Crippen LogP contribution in [-0.4, -0.2) is 42.4 Å². The summed E-state index contributed by atoms with van der Waals surface area (Å²) in [6, 6.07) is 5.48. The highest BCUT2D eigenvalue weighted by Gasteiger charge is 1.97. The molecule has 5 heteroatoms. The molecular weight excluding hydrogens is 256 g/mol. The van der Waals surface area contributed by atoms with Crippen LogP contribution < -0.4 is 5.32 Å². The van der Waals surface area contributed by atoms with Gasteiger partial charge in [-0.3, -0.25) is 9.78 Å². The summed E-state index contributed by atoms with van der Waals surface area (Å²) in [4.78, 5) is 14.1. The Labute approximate surface area is 124 Å². The Bertz CT molecular complexity index is 255. The number of nitrogens with one attached hydrogen (secondary N) is 1. The normalized spacial score (nSPS) is 7.00. The molecule has 5 nitrogen and oxygen atoms in total. The molecular formula is C15H32N2O3. The van der Waals surface area contributed by atoms with E-state index in [9.17, 15) is 4.79 Å². The molecule has 1 heterocycles. The molecule has 20 heavy (non-hydrogen) atoms. The highest BCUT2D eigenvalue weighted by Crippen LogP contribution is 1.97. The van der Waals surface area contributed by atoms with E-state index in [-0.39, 0.29) is 6.42 Å². The first kappa shape index (κ1) is 27.0. The Morgan fingerprint density at radius 3 is 1.90 bits per heavy atom. The summed E-state index contributed by atoms with van der Waals surface area (Å²) in [5.41, 5.74) is 0.829. The third kappa shape index (κ3) is 30.0. The molecule has 0 saturated carbocycles. The van der Waals surface area contributed by atoms with Crippen molar-refractivity contribution in [2.75, 3.05) is 21.2 Å². The van der Waals surface area contributed by atoms with Crippen LogP contribution in [0.1, 0.15) is 39.8 Å². The van der Waals surface area contributed by atoms with Gasteiger partial charge >= 0.3 is 5.97 Å². The van der Waals surface area contributed by atoms with Crippen molar-refractivity contribution in [3.8, 4) is 0 Å². The van der Waals surface area contributed by atoms with Crippen LogP contribution in [0.4, 0.5) is 0 Å². The summed E-state index contributed by atoms with van der Waals surface area (Å²) in [5, 5.41) is 18.1. The van der Waals surface area contributed by atoms with Gasteiger partial charge in [0.25, 0.3) is 0 Å². The molecule has 0 spiro atoms. The van der Waals surface area contributed by atoms with Crippen molar-refractivity contribution in [3.63, 3.8) is 0 Å². The smallest absolute Gasteiger partial charge is 0.303 e. The average Bonchev–Trinajstić information content (AvgIpc) is 2.53. The fourth-order valence-corrected chi connectivity index (χ4v) is 0.781. The van der Waals surface area contributed by atoms with Crippen molar-refractivity contribution in [2.24, 2.45) is 0 Å². The van der Waals surface area contributed by atoms with Gasteiger partial charge in [-0.1, -0.05) is 33.8 Å². The second-order valence-corrected chi connectivity index (χ2v) is 2.71. The number of hydrogen-bond donors (Lipinski definition) is 3. The summed E-state index contributed by atoms with van der Waals surface area (Å²) in [7, 11) is 4.75. The fourth-order valence-electron chi connectivity index (χ4n) is 0.781. The molecule has 120 valence electrons. The van der Waals surface area contributed by atoms with Crippen molar-refractivity contribution >= 4 is 5.97 Å². The molecule has 0 atom stereocenters. The van der Waals surface area contributed by atoms with Crippen LogP contribution in [0.25, 0.3) is 0 Å². The maximum absolute atomic E-state index is 10.1. The predicted molar refractivity (Wildman–Crippen MR) is 86.0 cm³/mol. The van der Waals surface area contributed by atoms with Gasteiger partial charge in [0.15, 0.2) is 0 Å². The number of pyridine rings is 1. The topological polar surface area (TPSA) is 82.5 Å². The number of rotatable bonds is 3. The van der Waals surface area contributed by atoms with E-state index in [0.29, 0.717) is 6.42 Å². The number of hydrogen-bond acceptors (Lipinski definition) is 4. The van der Waals surface area contributed by atoms with E-state index < -0.39 is 5.97 Å². The zero-order chi connectivity index (χ0) is 16.8. The molecule has 0 aliphatic rings. The Hall–Kier alpha value is -1.46. The van der Waals surface area contributed by atoms with Gasteiger partial charge in [0.1, 0.15) is 0 Å². The Balaban J connectivity index is -0.000000121. The lowest BCUT2D eigenvalue weighted by Crippen LogP contribution is -1.98. The summed E-state index contributed by atoms with van der Waals surface area (Å²) in [5.74, 6) is -0.782. The molecule has 3 N–H and O–H groups in total. The highest BCUT2D eigenvalue weighted by atomic mass is 16.4. The van der Waals surface area contributed by atoms with E-state index in [4.69, 9.17) is 10.2 Å². The third-order valence-electron chi connectivity index (χ3n) is 1.32. The molecule has 0 aliphatic heterocycles. The van der Waals surface area contributed by atoms with Gasteiger partial charge in [-0.05, 0) is 26.2 Å². The Morgan fingerprint density at radius 2 is 1.60 bits per heavy atom. The van der Waals surface area contributed by atoms with Crippen molar-refractivity contribution in [2.45, 2.75) is 40.5 Å². The first-order chi connectivity index (χ1) is 9.70. The Morgan fingerprint density at radius 1 is 1.15 bits per heavy atom. The molecule has 0 saturated heterocycles. The number of aryl methyl sites for hydroxylation is 1. The van der Waals surface area contributed by atoms with Gasteiger partial charge in [-0.25, -0.2) is 0 Å². The van der Waals surface area contributed by atoms with Crippen LogP contribution in [-0.2, 0) is 11.2 Å². The fraction of sp³-hybridized carbons (Fsp3) is 0.600. The van der Waals surface area contributed by atoms with Crippen molar-refractivity contribution in [3.05, 3.63) is 30.1 Å². The number of nitrogens with zero attached hydrogens (tertiary/aromatic N) is 1. The minimum atomic E-state index is -0.782. The van der Waals surface area contributed by atoms with Gasteiger partial charge in [0.2, 0.25) is 0 Å². The minimum Gasteiger partial charge on any atom is -0.481 e. The number of carbonyl (C=O) groups is 1. The van der Waals surface area contributed by atoms with E-state index in [2.05, 4.69) is 10.3 Å². The number of aliphatic hydroxyl groups is 1. The molecule has 0 radical (unpaired) electrons. The maximum atomic E-state index is 10.1. The summed E-state index contributed by atoms with van der Waals surface area (Å²) in [6.07, 6.45) is 2.32. The second kappa shape index (κ2) is 30.5. The standard InChI is InChI=1S/C8H9NO2.C2H7N.2C2H6.CH4O/c10-8(11)5-4-7-3-1-2-6-9-7;1-3-2;3*1-2/h1-3,6H,4-5H2,(H,10,11);3H,1-2H3;2*1-2H3;2H,1H3. The number of carboxylic acid groups (broad SMARTS) is 1. The van der Waals surface area contributed by atoms with E-state index in [1.54, 1.807) is 6.20 Å². The highest BCUT2D eigenvalue weighted by molar-refractivity contribution is 5.66. The van der Waals surface area contributed by atoms with Gasteiger partial charge in [-0.2, -0.15) is 0 Å². The minimum absolute atomic E-state index is 0.150. The van der Waals surface area contributed by atoms with Crippen molar-refractivity contribution < 1.29 is 15.0 Å². The van der Waals surface area contributed by atoms with Crippen molar-refractivity contribution in [1.29, 1.82) is 0 Å². The van der Waals surface area contributed by atoms with E-state index in [1.165, 1.54) is 0 Å². The van der Waals surface area contributed by atoms with E-state index in [0.717, 1.165) is 12.8 Å². The number of aliphatic hydroxyl groups excluding tert-OH is 1. The predicted octanol–water partition coefficient (Wildman–Crippen LogP) is 2.60. The zero-order valence-corrected chi connectivity index (χ0v) is 14.0. The Kier molecular flexibility index (Phi) is 41.2. The maximum Gasteiger partial charge on any atom is 0.303 e. The lowest BCUT2D eigenvalue weighted by Gasteiger charge is -1.94. The largest absolute Gasteiger partial charge is 0.481 e. The first-order valence-corrected chi connectivity index (χ1v) is 6.85. The van der Waals surface area contributed by atoms with Crippen molar-refractivity contribution in [1.82, 2.24) is 10.3 Å². The molecule has 0 bridgehead atoms. The molecule has 0 aromatic carbocycles. The molecule has 0 amide bonds. The molecule has 1 aromatic heterocycles. The van der Waals surface area contributed by atoms with Crippen LogP contribution in [0.3, 0.4) is 0 Å². The van der Waals surface area contributed by atoms with Gasteiger partial charge in [-0.15, -0.1) is 0 Å².